The van der Waals surface area contributed by atoms with Crippen molar-refractivity contribution in [1.29, 1.82) is 0 Å². The number of amides is 1. The Morgan fingerprint density at radius 3 is 2.38 bits per heavy atom. The molecule has 8 heteroatoms. The zero-order valence-electron chi connectivity index (χ0n) is 25.3. The quantitative estimate of drug-likeness (QED) is 0.315. The topological polar surface area (TPSA) is 78.0 Å². The molecule has 39 heavy (non-hydrogen) atoms. The molecule has 7 nitrogen and oxygen atoms in total. The van der Waals surface area contributed by atoms with Crippen LogP contribution in [0.2, 0.25) is 0 Å². The van der Waals surface area contributed by atoms with E-state index in [9.17, 15) is 9.59 Å². The molecule has 1 amide bonds. The molecular formula is C31H46N2O5S. The highest BCUT2D eigenvalue weighted by Crippen LogP contribution is 2.52. The monoisotopic (exact) mass is 558 g/mol. The minimum absolute atomic E-state index is 0.123. The second-order valence-electron chi connectivity index (χ2n) is 12.9. The zero-order valence-corrected chi connectivity index (χ0v) is 26.1. The first kappa shape index (κ1) is 31.1. The largest absolute Gasteiger partial charge is 0.496 e. The van der Waals surface area contributed by atoms with E-state index in [4.69, 9.17) is 14.2 Å². The minimum atomic E-state index is -1.17. The van der Waals surface area contributed by atoms with E-state index in [0.717, 1.165) is 10.6 Å². The van der Waals surface area contributed by atoms with Crippen LogP contribution in [0.25, 0.3) is 0 Å². The van der Waals surface area contributed by atoms with Crippen molar-refractivity contribution in [1.82, 2.24) is 9.88 Å². The zero-order chi connectivity index (χ0) is 29.2. The summed E-state index contributed by atoms with van der Waals surface area (Å²) in [6.07, 6.45) is 2.65. The molecule has 0 aliphatic carbocycles. The first-order valence-corrected chi connectivity index (χ1v) is 14.7. The van der Waals surface area contributed by atoms with Gasteiger partial charge in [0.05, 0.1) is 19.8 Å². The standard InChI is InChI=1S/C31H46N2O5S/c1-11-37-19-22-18-31(17-20(2)3,28(35)38-30(7,8)9)33(25(22)26-32-14-15-39-26)27(34)21-12-13-23(29(4,5)6)24(16-21)36-10/h12-16,20,22,25H,11,17-19H2,1-10H3/t22-,25?,31+/m1/s1. The fourth-order valence-electron chi connectivity index (χ4n) is 5.63. The molecule has 0 saturated carbocycles. The number of rotatable bonds is 9. The Morgan fingerprint density at radius 1 is 1.18 bits per heavy atom. The molecule has 0 bridgehead atoms. The van der Waals surface area contributed by atoms with Crippen LogP contribution in [-0.2, 0) is 19.7 Å². The molecule has 0 spiro atoms. The lowest BCUT2D eigenvalue weighted by molar-refractivity contribution is -0.168. The molecular weight excluding hydrogens is 512 g/mol. The van der Waals surface area contributed by atoms with Crippen molar-refractivity contribution in [3.05, 3.63) is 45.9 Å². The van der Waals surface area contributed by atoms with E-state index in [1.807, 2.05) is 45.2 Å². The molecule has 1 fully saturated rings. The fourth-order valence-corrected chi connectivity index (χ4v) is 6.45. The molecule has 0 N–H and O–H groups in total. The predicted molar refractivity (Wildman–Crippen MR) is 155 cm³/mol. The van der Waals surface area contributed by atoms with Gasteiger partial charge in [0.25, 0.3) is 5.91 Å². The van der Waals surface area contributed by atoms with E-state index in [1.54, 1.807) is 24.3 Å². The first-order valence-electron chi connectivity index (χ1n) is 13.9. The smallest absolute Gasteiger partial charge is 0.332 e. The number of thiazole rings is 1. The Labute approximate surface area is 238 Å². The minimum Gasteiger partial charge on any atom is -0.496 e. The number of hydrogen-bond donors (Lipinski definition) is 0. The van der Waals surface area contributed by atoms with Gasteiger partial charge in [-0.1, -0.05) is 40.7 Å². The Morgan fingerprint density at radius 2 is 1.87 bits per heavy atom. The van der Waals surface area contributed by atoms with Gasteiger partial charge in [-0.25, -0.2) is 9.78 Å². The molecule has 1 unspecified atom stereocenters. The highest BCUT2D eigenvalue weighted by Gasteiger charge is 2.60. The van der Waals surface area contributed by atoms with Crippen LogP contribution in [0.5, 0.6) is 5.75 Å². The van der Waals surface area contributed by atoms with Crippen molar-refractivity contribution in [2.75, 3.05) is 20.3 Å². The molecule has 0 radical (unpaired) electrons. The summed E-state index contributed by atoms with van der Waals surface area (Å²) in [5.41, 5.74) is -0.566. The maximum Gasteiger partial charge on any atom is 0.332 e. The van der Waals surface area contributed by atoms with Crippen molar-refractivity contribution in [3.63, 3.8) is 0 Å². The number of nitrogens with zero attached hydrogens (tertiary/aromatic N) is 2. The summed E-state index contributed by atoms with van der Waals surface area (Å²) >= 11 is 1.49. The molecule has 1 saturated heterocycles. The summed E-state index contributed by atoms with van der Waals surface area (Å²) in [6, 6.07) is 5.17. The van der Waals surface area contributed by atoms with Crippen molar-refractivity contribution in [3.8, 4) is 5.75 Å². The van der Waals surface area contributed by atoms with Crippen LogP contribution in [0.1, 0.15) is 102 Å². The summed E-state index contributed by atoms with van der Waals surface area (Å²) < 4.78 is 17.7. The number of ether oxygens (including phenoxy) is 3. The third-order valence-corrected chi connectivity index (χ3v) is 7.87. The lowest BCUT2D eigenvalue weighted by atomic mass is 9.83. The van der Waals surface area contributed by atoms with Crippen LogP contribution in [-0.4, -0.2) is 53.2 Å². The number of carbonyl (C=O) groups excluding carboxylic acids is 2. The number of hydrogen-bond acceptors (Lipinski definition) is 7. The van der Waals surface area contributed by atoms with Gasteiger partial charge < -0.3 is 19.1 Å². The predicted octanol–water partition coefficient (Wildman–Crippen LogP) is 6.82. The number of esters is 1. The van der Waals surface area contributed by atoms with Gasteiger partial charge in [0.15, 0.2) is 0 Å². The summed E-state index contributed by atoms with van der Waals surface area (Å²) in [5.74, 6) is 0.0433. The van der Waals surface area contributed by atoms with Gasteiger partial charge >= 0.3 is 5.97 Å². The van der Waals surface area contributed by atoms with Crippen molar-refractivity contribution >= 4 is 23.2 Å². The highest BCUT2D eigenvalue weighted by atomic mass is 32.1. The van der Waals surface area contributed by atoms with Crippen LogP contribution in [0, 0.1) is 11.8 Å². The Bertz CT molecular complexity index is 1130. The highest BCUT2D eigenvalue weighted by molar-refractivity contribution is 7.09. The maximum atomic E-state index is 14.7. The molecule has 3 rings (SSSR count). The van der Waals surface area contributed by atoms with Crippen molar-refractivity contribution in [2.24, 2.45) is 11.8 Å². The number of methoxy groups -OCH3 is 1. The van der Waals surface area contributed by atoms with Gasteiger partial charge in [-0.05, 0) is 69.6 Å². The molecule has 1 aliphatic rings. The molecule has 1 aromatic heterocycles. The van der Waals surface area contributed by atoms with Gasteiger partial charge in [0, 0.05) is 29.7 Å². The number of benzene rings is 1. The van der Waals surface area contributed by atoms with Crippen molar-refractivity contribution < 1.29 is 23.8 Å². The van der Waals surface area contributed by atoms with Crippen LogP contribution in [0.3, 0.4) is 0 Å². The Hall–Kier alpha value is -2.45. The van der Waals surface area contributed by atoms with E-state index in [2.05, 4.69) is 39.6 Å². The third-order valence-electron chi connectivity index (χ3n) is 7.03. The van der Waals surface area contributed by atoms with Crippen LogP contribution in [0.15, 0.2) is 29.8 Å². The van der Waals surface area contributed by atoms with E-state index >= 15 is 0 Å². The lowest BCUT2D eigenvalue weighted by Gasteiger charge is -2.41. The van der Waals surface area contributed by atoms with E-state index < -0.39 is 17.2 Å². The van der Waals surface area contributed by atoms with Crippen LogP contribution < -0.4 is 4.74 Å². The molecule has 3 atom stereocenters. The first-order chi connectivity index (χ1) is 18.1. The summed E-state index contributed by atoms with van der Waals surface area (Å²) in [7, 11) is 1.62. The molecule has 1 aliphatic heterocycles. The summed E-state index contributed by atoms with van der Waals surface area (Å²) in [6.45, 7) is 19.0. The average Bonchev–Trinajstić information content (AvgIpc) is 3.46. The van der Waals surface area contributed by atoms with Gasteiger partial charge in [0.1, 0.15) is 21.9 Å². The summed E-state index contributed by atoms with van der Waals surface area (Å²) in [5, 5.41) is 2.70. The van der Waals surface area contributed by atoms with Crippen LogP contribution >= 0.6 is 11.3 Å². The number of aromatic nitrogens is 1. The van der Waals surface area contributed by atoms with E-state index in [0.29, 0.717) is 37.4 Å². The Kier molecular flexibility index (Phi) is 9.54. The lowest BCUT2D eigenvalue weighted by Crippen LogP contribution is -2.56. The molecule has 2 heterocycles. The SMILES string of the molecule is CCOC[C@H]1C[C@@](CC(C)C)(C(=O)OC(C)(C)C)N(C(=O)c2ccc(C(C)(C)C)c(OC)c2)C1c1nccs1. The average molecular weight is 559 g/mol. The van der Waals surface area contributed by atoms with Crippen molar-refractivity contribution in [2.45, 2.75) is 97.8 Å². The molecule has 2 aromatic rings. The maximum absolute atomic E-state index is 14.7. The third kappa shape index (κ3) is 6.83. The molecule has 1 aromatic carbocycles. The Balaban J connectivity index is 2.25. The normalized spacial score (nSPS) is 21.9. The van der Waals surface area contributed by atoms with Gasteiger partial charge in [0.2, 0.25) is 0 Å². The number of likely N-dealkylation sites (tertiary alicyclic amines) is 1. The van der Waals surface area contributed by atoms with Crippen LogP contribution in [0.4, 0.5) is 0 Å². The fraction of sp³-hybridized carbons (Fsp3) is 0.645. The van der Waals surface area contributed by atoms with E-state index in [-0.39, 0.29) is 29.1 Å². The van der Waals surface area contributed by atoms with Gasteiger partial charge in [-0.15, -0.1) is 11.3 Å². The van der Waals surface area contributed by atoms with Gasteiger partial charge in [-0.3, -0.25) is 4.79 Å². The molecule has 216 valence electrons. The summed E-state index contributed by atoms with van der Waals surface area (Å²) in [4.78, 5) is 35.3. The second-order valence-corrected chi connectivity index (χ2v) is 13.8. The van der Waals surface area contributed by atoms with E-state index in [1.165, 1.54) is 11.3 Å². The second kappa shape index (κ2) is 12.0. The number of carbonyl (C=O) groups is 2. The van der Waals surface area contributed by atoms with Gasteiger partial charge in [-0.2, -0.15) is 0 Å².